The SMILES string of the molecule is Cc1cc([C@H]2CN(C(=O)c3cnn4cccnc34)CCO2)nc(C)n1. The Bertz CT molecular complexity index is 918. The van der Waals surface area contributed by atoms with Crippen molar-refractivity contribution in [1.82, 2.24) is 29.5 Å². The summed E-state index contributed by atoms with van der Waals surface area (Å²) in [6, 6.07) is 3.68. The molecular weight excluding hydrogens is 320 g/mol. The van der Waals surface area contributed by atoms with Crippen LogP contribution in [0.15, 0.2) is 30.7 Å². The molecule has 1 amide bonds. The summed E-state index contributed by atoms with van der Waals surface area (Å²) in [6.45, 7) is 5.22. The van der Waals surface area contributed by atoms with Crippen LogP contribution < -0.4 is 0 Å². The van der Waals surface area contributed by atoms with Gasteiger partial charge in [0.15, 0.2) is 5.65 Å². The van der Waals surface area contributed by atoms with Gasteiger partial charge in [0.25, 0.3) is 5.91 Å². The van der Waals surface area contributed by atoms with Gasteiger partial charge in [0.1, 0.15) is 17.5 Å². The molecular formula is C17H18N6O2. The van der Waals surface area contributed by atoms with E-state index in [1.807, 2.05) is 19.9 Å². The molecule has 1 aliphatic heterocycles. The van der Waals surface area contributed by atoms with Gasteiger partial charge in [-0.1, -0.05) is 0 Å². The first-order chi connectivity index (χ1) is 12.1. The summed E-state index contributed by atoms with van der Waals surface area (Å²) in [5, 5.41) is 4.19. The van der Waals surface area contributed by atoms with Gasteiger partial charge in [0.2, 0.25) is 0 Å². The molecule has 0 radical (unpaired) electrons. The third-order valence-corrected chi connectivity index (χ3v) is 4.18. The molecule has 0 N–H and O–H groups in total. The summed E-state index contributed by atoms with van der Waals surface area (Å²) in [7, 11) is 0. The predicted octanol–water partition coefficient (Wildman–Crippen LogP) is 1.35. The summed E-state index contributed by atoms with van der Waals surface area (Å²) in [5.74, 6) is 0.610. The van der Waals surface area contributed by atoms with Gasteiger partial charge < -0.3 is 9.64 Å². The number of nitrogens with zero attached hydrogens (tertiary/aromatic N) is 6. The van der Waals surface area contributed by atoms with E-state index in [0.29, 0.717) is 36.7 Å². The number of hydrogen-bond acceptors (Lipinski definition) is 6. The van der Waals surface area contributed by atoms with Gasteiger partial charge in [0, 0.05) is 24.6 Å². The number of ether oxygens (including phenoxy) is 1. The molecule has 25 heavy (non-hydrogen) atoms. The monoisotopic (exact) mass is 338 g/mol. The molecule has 0 bridgehead atoms. The van der Waals surface area contributed by atoms with E-state index < -0.39 is 0 Å². The Morgan fingerprint density at radius 3 is 3.04 bits per heavy atom. The predicted molar refractivity (Wildman–Crippen MR) is 89.1 cm³/mol. The molecule has 0 aromatic carbocycles. The third kappa shape index (κ3) is 2.96. The molecule has 0 aliphatic carbocycles. The number of amides is 1. The number of morpholine rings is 1. The summed E-state index contributed by atoms with van der Waals surface area (Å²) >= 11 is 0. The smallest absolute Gasteiger partial charge is 0.259 e. The van der Waals surface area contributed by atoms with Gasteiger partial charge in [-0.2, -0.15) is 5.10 Å². The second kappa shape index (κ2) is 6.21. The van der Waals surface area contributed by atoms with Gasteiger partial charge in [-0.15, -0.1) is 0 Å². The molecule has 4 heterocycles. The van der Waals surface area contributed by atoms with Gasteiger partial charge in [-0.25, -0.2) is 19.5 Å². The van der Waals surface area contributed by atoms with Crippen LogP contribution in [0.25, 0.3) is 5.65 Å². The molecule has 3 aromatic rings. The fourth-order valence-electron chi connectivity index (χ4n) is 3.07. The number of aryl methyl sites for hydroxylation is 2. The highest BCUT2D eigenvalue weighted by atomic mass is 16.5. The maximum atomic E-state index is 12.9. The highest BCUT2D eigenvalue weighted by Crippen LogP contribution is 2.23. The van der Waals surface area contributed by atoms with Gasteiger partial charge in [0.05, 0.1) is 25.0 Å². The lowest BCUT2D eigenvalue weighted by Gasteiger charge is -2.32. The molecule has 1 aliphatic rings. The van der Waals surface area contributed by atoms with Crippen LogP contribution in [0.5, 0.6) is 0 Å². The van der Waals surface area contributed by atoms with Gasteiger partial charge in [-0.05, 0) is 26.0 Å². The zero-order valence-corrected chi connectivity index (χ0v) is 14.1. The van der Waals surface area contributed by atoms with Crippen molar-refractivity contribution in [3.8, 4) is 0 Å². The van der Waals surface area contributed by atoms with E-state index in [4.69, 9.17) is 4.74 Å². The van der Waals surface area contributed by atoms with Crippen LogP contribution in [0.1, 0.15) is 33.7 Å². The minimum atomic E-state index is -0.257. The maximum absolute atomic E-state index is 12.9. The van der Waals surface area contributed by atoms with E-state index in [1.54, 1.807) is 34.1 Å². The van der Waals surface area contributed by atoms with Crippen molar-refractivity contribution < 1.29 is 9.53 Å². The highest BCUT2D eigenvalue weighted by molar-refractivity contribution is 5.99. The Hall–Kier alpha value is -2.87. The number of carbonyl (C=O) groups excluding carboxylic acids is 1. The lowest BCUT2D eigenvalue weighted by atomic mass is 10.1. The van der Waals surface area contributed by atoms with Crippen molar-refractivity contribution in [3.63, 3.8) is 0 Å². The van der Waals surface area contributed by atoms with E-state index >= 15 is 0 Å². The maximum Gasteiger partial charge on any atom is 0.259 e. The van der Waals surface area contributed by atoms with Crippen molar-refractivity contribution in [2.24, 2.45) is 0 Å². The average molecular weight is 338 g/mol. The van der Waals surface area contributed by atoms with E-state index in [1.165, 1.54) is 0 Å². The van der Waals surface area contributed by atoms with Crippen molar-refractivity contribution in [2.75, 3.05) is 19.7 Å². The summed E-state index contributed by atoms with van der Waals surface area (Å²) in [5.41, 5.74) is 2.75. The largest absolute Gasteiger partial charge is 0.368 e. The first kappa shape index (κ1) is 15.6. The zero-order valence-electron chi connectivity index (χ0n) is 14.1. The van der Waals surface area contributed by atoms with Crippen LogP contribution in [0.4, 0.5) is 0 Å². The van der Waals surface area contributed by atoms with E-state index in [0.717, 1.165) is 11.4 Å². The lowest BCUT2D eigenvalue weighted by molar-refractivity contribution is -0.0248. The van der Waals surface area contributed by atoms with E-state index in [9.17, 15) is 4.79 Å². The standard InChI is InChI=1S/C17H18N6O2/c1-11-8-14(21-12(2)20-11)15-10-22(6-7-25-15)17(24)13-9-19-23-5-3-4-18-16(13)23/h3-5,8-9,15H,6-7,10H2,1-2H3/t15-/m1/s1. The number of carbonyl (C=O) groups is 1. The molecule has 3 aromatic heterocycles. The van der Waals surface area contributed by atoms with Crippen LogP contribution in [0.3, 0.4) is 0 Å². The number of fused-ring (bicyclic) bond motifs is 1. The molecule has 0 spiro atoms. The topological polar surface area (TPSA) is 85.5 Å². The molecule has 0 unspecified atom stereocenters. The molecule has 8 heteroatoms. The molecule has 1 fully saturated rings. The molecule has 8 nitrogen and oxygen atoms in total. The minimum Gasteiger partial charge on any atom is -0.368 e. The Balaban J connectivity index is 1.59. The first-order valence-electron chi connectivity index (χ1n) is 8.13. The Kier molecular flexibility index (Phi) is 3.89. The van der Waals surface area contributed by atoms with Gasteiger partial charge in [-0.3, -0.25) is 4.79 Å². The second-order valence-electron chi connectivity index (χ2n) is 6.04. The summed E-state index contributed by atoms with van der Waals surface area (Å²) in [6.07, 6.45) is 4.73. The second-order valence-corrected chi connectivity index (χ2v) is 6.04. The Morgan fingerprint density at radius 1 is 1.32 bits per heavy atom. The van der Waals surface area contributed by atoms with Crippen molar-refractivity contribution in [2.45, 2.75) is 20.0 Å². The summed E-state index contributed by atoms with van der Waals surface area (Å²) in [4.78, 5) is 27.7. The minimum absolute atomic E-state index is 0.0931. The van der Waals surface area contributed by atoms with Crippen LogP contribution in [0.2, 0.25) is 0 Å². The molecule has 4 rings (SSSR count). The first-order valence-corrected chi connectivity index (χ1v) is 8.13. The molecule has 0 saturated carbocycles. The van der Waals surface area contributed by atoms with Crippen molar-refractivity contribution >= 4 is 11.6 Å². The van der Waals surface area contributed by atoms with Crippen LogP contribution in [-0.2, 0) is 4.74 Å². The Morgan fingerprint density at radius 2 is 2.20 bits per heavy atom. The molecule has 1 atom stereocenters. The average Bonchev–Trinajstić information content (AvgIpc) is 3.04. The quantitative estimate of drug-likeness (QED) is 0.701. The molecule has 1 saturated heterocycles. The third-order valence-electron chi connectivity index (χ3n) is 4.18. The molecule has 128 valence electrons. The van der Waals surface area contributed by atoms with Crippen LogP contribution in [-0.4, -0.2) is 55.1 Å². The van der Waals surface area contributed by atoms with Crippen LogP contribution >= 0.6 is 0 Å². The van der Waals surface area contributed by atoms with E-state index in [-0.39, 0.29) is 12.0 Å². The number of aromatic nitrogens is 5. The fraction of sp³-hybridized carbons (Fsp3) is 0.353. The highest BCUT2D eigenvalue weighted by Gasteiger charge is 2.29. The summed E-state index contributed by atoms with van der Waals surface area (Å²) < 4.78 is 7.44. The van der Waals surface area contributed by atoms with Crippen molar-refractivity contribution in [1.29, 1.82) is 0 Å². The van der Waals surface area contributed by atoms with Crippen LogP contribution in [0, 0.1) is 13.8 Å². The number of rotatable bonds is 2. The van der Waals surface area contributed by atoms with Crippen molar-refractivity contribution in [3.05, 3.63) is 53.5 Å². The zero-order chi connectivity index (χ0) is 17.4. The fourth-order valence-corrected chi connectivity index (χ4v) is 3.07. The van der Waals surface area contributed by atoms with E-state index in [2.05, 4.69) is 20.1 Å². The normalized spacial score (nSPS) is 17.8. The van der Waals surface area contributed by atoms with Gasteiger partial charge >= 0.3 is 0 Å². The lowest BCUT2D eigenvalue weighted by Crippen LogP contribution is -2.42. The Labute approximate surface area is 144 Å². The number of hydrogen-bond donors (Lipinski definition) is 0.